The van der Waals surface area contributed by atoms with Crippen molar-refractivity contribution in [2.24, 2.45) is 5.41 Å². The molecular formula is C18H43O9P2+. The molecule has 8 N–H and O–H groups in total. The minimum atomic E-state index is -3.55. The van der Waals surface area contributed by atoms with Gasteiger partial charge in [-0.05, 0) is 12.8 Å². The fraction of sp³-hybridized carbons (Fsp3) is 1.00. The quantitative estimate of drug-likeness (QED) is 0.112. The van der Waals surface area contributed by atoms with Crippen molar-refractivity contribution >= 4 is 16.5 Å². The van der Waals surface area contributed by atoms with Crippen molar-refractivity contribution in [3.63, 3.8) is 0 Å². The van der Waals surface area contributed by atoms with Crippen LogP contribution in [0.1, 0.15) is 77.6 Å². The molecule has 0 radical (unpaired) electrons. The Kier molecular flexibility index (Phi) is 22.3. The summed E-state index contributed by atoms with van der Waals surface area (Å²) in [4.78, 5) is 35.9. The molecule has 0 bridgehead atoms. The second-order valence-electron chi connectivity index (χ2n) is 7.39. The molecule has 0 rings (SSSR count). The smallest absolute Gasteiger partial charge is 0.396 e. The Hall–Kier alpha value is 0.500. The summed E-state index contributed by atoms with van der Waals surface area (Å²) >= 11 is 0. The van der Waals surface area contributed by atoms with Crippen LogP contribution in [0, 0.1) is 5.41 Å². The van der Waals surface area contributed by atoms with Crippen LogP contribution in [0.5, 0.6) is 0 Å². The van der Waals surface area contributed by atoms with Gasteiger partial charge in [0, 0.05) is 0 Å². The number of rotatable bonds is 18. The predicted molar refractivity (Wildman–Crippen MR) is 116 cm³/mol. The van der Waals surface area contributed by atoms with Crippen LogP contribution < -0.4 is 0 Å². The van der Waals surface area contributed by atoms with E-state index in [1.165, 1.54) is 51.4 Å². The maximum atomic E-state index is 9.37. The van der Waals surface area contributed by atoms with Crippen molar-refractivity contribution in [1.82, 2.24) is 0 Å². The molecule has 0 fully saturated rings. The van der Waals surface area contributed by atoms with Gasteiger partial charge in [0.25, 0.3) is 0 Å². The van der Waals surface area contributed by atoms with Crippen molar-refractivity contribution in [2.75, 3.05) is 32.6 Å². The molecule has 0 aliphatic rings. The number of hydrogen-bond acceptors (Lipinski definition) is 9. The maximum Gasteiger partial charge on any atom is 0.415 e. The Labute approximate surface area is 177 Å². The van der Waals surface area contributed by atoms with Gasteiger partial charge in [0.2, 0.25) is 0 Å². The van der Waals surface area contributed by atoms with E-state index in [1.54, 1.807) is 0 Å². The highest BCUT2D eigenvalue weighted by Gasteiger charge is 2.38. The average Bonchev–Trinajstić information content (AvgIpc) is 2.68. The fourth-order valence-electron chi connectivity index (χ4n) is 2.44. The summed E-state index contributed by atoms with van der Waals surface area (Å²) < 4.78 is 4.33. The van der Waals surface area contributed by atoms with Gasteiger partial charge >= 0.3 is 16.5 Å². The Morgan fingerprint density at radius 1 is 0.655 bits per heavy atom. The number of unbranched alkanes of at least 4 members (excludes halogenated alkanes) is 10. The van der Waals surface area contributed by atoms with E-state index in [0.29, 0.717) is 6.42 Å². The Balaban J connectivity index is 0. The largest absolute Gasteiger partial charge is 0.415 e. The maximum absolute atomic E-state index is 9.37. The number of aliphatic hydroxyl groups is 4. The molecule has 0 aliphatic heterocycles. The molecule has 11 heteroatoms. The Morgan fingerprint density at radius 2 is 1.00 bits per heavy atom. The molecule has 0 aromatic heterocycles. The summed E-state index contributed by atoms with van der Waals surface area (Å²) in [6.45, 7) is 0.600. The Bertz CT molecular complexity index is 326. The third-order valence-corrected chi connectivity index (χ3v) is 7.13. The zero-order valence-electron chi connectivity index (χ0n) is 17.7. The summed E-state index contributed by atoms with van der Waals surface area (Å²) in [5.74, 6) is 0. The molecule has 0 aliphatic carbocycles. The van der Waals surface area contributed by atoms with Crippen molar-refractivity contribution in [2.45, 2.75) is 77.6 Å². The topological polar surface area (TPSA) is 171 Å². The lowest BCUT2D eigenvalue weighted by atomic mass is 9.93. The molecule has 178 valence electrons. The SMILES string of the molecule is CCCCCCCCCCCCC[P+](O)(O)OP(O)O.OCC(CO)(CO)CO. The van der Waals surface area contributed by atoms with E-state index in [2.05, 4.69) is 11.2 Å². The predicted octanol–water partition coefficient (Wildman–Crippen LogP) is 2.21. The first-order valence-corrected chi connectivity index (χ1v) is 13.3. The summed E-state index contributed by atoms with van der Waals surface area (Å²) in [6.07, 6.45) is 13.2. The first-order valence-electron chi connectivity index (χ1n) is 10.4. The molecule has 0 heterocycles. The van der Waals surface area contributed by atoms with Crippen molar-refractivity contribution in [3.05, 3.63) is 0 Å². The zero-order valence-corrected chi connectivity index (χ0v) is 19.5. The van der Waals surface area contributed by atoms with Crippen LogP contribution in [-0.4, -0.2) is 72.6 Å². The minimum absolute atomic E-state index is 0.115. The first kappa shape index (κ1) is 31.7. The van der Waals surface area contributed by atoms with E-state index in [0.717, 1.165) is 12.8 Å². The molecule has 0 saturated heterocycles. The summed E-state index contributed by atoms with van der Waals surface area (Å²) in [7, 11) is -6.23. The van der Waals surface area contributed by atoms with Crippen LogP contribution >= 0.6 is 16.5 Å². The van der Waals surface area contributed by atoms with E-state index >= 15 is 0 Å². The van der Waals surface area contributed by atoms with Gasteiger partial charge in [0.15, 0.2) is 0 Å². The van der Waals surface area contributed by atoms with E-state index in [9.17, 15) is 9.79 Å². The molecule has 9 nitrogen and oxygen atoms in total. The van der Waals surface area contributed by atoms with Crippen LogP contribution in [0.2, 0.25) is 0 Å². The standard InChI is InChI=1S/C13H31O5P2.C5H12O4/c1-2-3-4-5-6-7-8-9-10-11-12-13-20(16,17)18-19(14)15;6-1-5(2-7,3-8)4-9/h14-17H,2-13H2,1H3;6-9H,1-4H2/q+1;. The third kappa shape index (κ3) is 20.2. The van der Waals surface area contributed by atoms with Crippen molar-refractivity contribution < 1.29 is 44.3 Å². The minimum Gasteiger partial charge on any atom is -0.396 e. The first-order chi connectivity index (χ1) is 13.7. The zero-order chi connectivity index (χ0) is 22.6. The van der Waals surface area contributed by atoms with Gasteiger partial charge < -0.3 is 30.2 Å². The molecule has 0 unspecified atom stereocenters. The van der Waals surface area contributed by atoms with E-state index in [1.807, 2.05) is 0 Å². The average molecular weight is 465 g/mol. The third-order valence-electron chi connectivity index (χ3n) is 4.60. The number of hydrogen-bond donors (Lipinski definition) is 8. The van der Waals surface area contributed by atoms with Crippen LogP contribution in [-0.2, 0) is 4.31 Å². The van der Waals surface area contributed by atoms with Gasteiger partial charge in [0.1, 0.15) is 6.16 Å². The Morgan fingerprint density at radius 3 is 1.28 bits per heavy atom. The highest BCUT2D eigenvalue weighted by Crippen LogP contribution is 2.59. The highest BCUT2D eigenvalue weighted by atomic mass is 31.3. The summed E-state index contributed by atoms with van der Waals surface area (Å²) in [5, 5.41) is 34.0. The molecule has 0 aromatic carbocycles. The molecule has 0 atom stereocenters. The molecule has 0 aromatic rings. The van der Waals surface area contributed by atoms with Gasteiger partial charge in [-0.25, -0.2) is 0 Å². The van der Waals surface area contributed by atoms with Crippen LogP contribution in [0.4, 0.5) is 0 Å². The highest BCUT2D eigenvalue weighted by molar-refractivity contribution is 7.66. The molecule has 29 heavy (non-hydrogen) atoms. The monoisotopic (exact) mass is 465 g/mol. The van der Waals surface area contributed by atoms with Crippen LogP contribution in [0.15, 0.2) is 0 Å². The van der Waals surface area contributed by atoms with Gasteiger partial charge in [-0.1, -0.05) is 69.0 Å². The second kappa shape index (κ2) is 20.4. The second-order valence-corrected chi connectivity index (χ2v) is 10.3. The normalized spacial score (nSPS) is 12.2. The lowest BCUT2D eigenvalue weighted by Gasteiger charge is -2.23. The lowest BCUT2D eigenvalue weighted by Crippen LogP contribution is -2.37. The van der Waals surface area contributed by atoms with Crippen molar-refractivity contribution in [3.8, 4) is 0 Å². The van der Waals surface area contributed by atoms with Gasteiger partial charge in [-0.15, -0.1) is 0 Å². The van der Waals surface area contributed by atoms with E-state index in [4.69, 9.17) is 30.2 Å². The lowest BCUT2D eigenvalue weighted by molar-refractivity contribution is -0.0328. The summed E-state index contributed by atoms with van der Waals surface area (Å²) in [5.41, 5.74) is -1.11. The molecular weight excluding hydrogens is 422 g/mol. The summed E-state index contributed by atoms with van der Waals surface area (Å²) in [6, 6.07) is 0. The van der Waals surface area contributed by atoms with Crippen LogP contribution in [0.3, 0.4) is 0 Å². The number of aliphatic hydroxyl groups excluding tert-OH is 4. The molecule has 0 amide bonds. The van der Waals surface area contributed by atoms with E-state index in [-0.39, 0.29) is 6.16 Å². The van der Waals surface area contributed by atoms with E-state index < -0.39 is 48.4 Å². The van der Waals surface area contributed by atoms with Gasteiger partial charge in [-0.2, -0.15) is 9.79 Å². The fourth-order valence-corrected chi connectivity index (χ4v) is 4.34. The van der Waals surface area contributed by atoms with Crippen molar-refractivity contribution in [1.29, 1.82) is 0 Å². The van der Waals surface area contributed by atoms with Gasteiger partial charge in [-0.3, -0.25) is 0 Å². The molecule has 0 spiro atoms. The molecule has 0 saturated carbocycles. The van der Waals surface area contributed by atoms with Gasteiger partial charge in [0.05, 0.1) is 31.8 Å². The van der Waals surface area contributed by atoms with Crippen LogP contribution in [0.25, 0.3) is 0 Å².